The number of aryl methyl sites for hydroxylation is 1. The Morgan fingerprint density at radius 1 is 1.53 bits per heavy atom. The van der Waals surface area contributed by atoms with Crippen molar-refractivity contribution in [3.05, 3.63) is 23.8 Å². The lowest BCUT2D eigenvalue weighted by atomic mass is 10.1. The van der Waals surface area contributed by atoms with Gasteiger partial charge in [0, 0.05) is 5.69 Å². The number of rotatable bonds is 5. The second kappa shape index (κ2) is 5.24. The molecule has 2 N–H and O–H groups in total. The van der Waals surface area contributed by atoms with Gasteiger partial charge in [0.25, 0.3) is 0 Å². The van der Waals surface area contributed by atoms with E-state index in [4.69, 9.17) is 9.84 Å². The van der Waals surface area contributed by atoms with Crippen LogP contribution in [0.15, 0.2) is 18.2 Å². The molecule has 0 aliphatic carbocycles. The number of carboxylic acid groups (broad SMARTS) is 1. The molecule has 0 atom stereocenters. The first-order valence-corrected chi connectivity index (χ1v) is 4.80. The first kappa shape index (κ1) is 11.4. The van der Waals surface area contributed by atoms with E-state index in [1.807, 2.05) is 19.1 Å². The zero-order chi connectivity index (χ0) is 11.3. The summed E-state index contributed by atoms with van der Waals surface area (Å²) >= 11 is 0. The fourth-order valence-corrected chi connectivity index (χ4v) is 1.34. The number of hydrogen-bond acceptors (Lipinski definition) is 3. The van der Waals surface area contributed by atoms with Gasteiger partial charge in [-0.1, -0.05) is 6.92 Å². The van der Waals surface area contributed by atoms with Crippen molar-refractivity contribution >= 4 is 11.7 Å². The second-order valence-corrected chi connectivity index (χ2v) is 3.13. The number of hydrogen-bond donors (Lipinski definition) is 2. The Morgan fingerprint density at radius 3 is 2.80 bits per heavy atom. The molecule has 0 amide bonds. The van der Waals surface area contributed by atoms with Crippen molar-refractivity contribution in [2.75, 3.05) is 19.0 Å². The summed E-state index contributed by atoms with van der Waals surface area (Å²) in [6, 6.07) is 5.55. The van der Waals surface area contributed by atoms with E-state index in [-0.39, 0.29) is 6.54 Å². The number of ether oxygens (including phenoxy) is 1. The molecular weight excluding hydrogens is 194 g/mol. The molecule has 0 bridgehead atoms. The third kappa shape index (κ3) is 3.16. The average Bonchev–Trinajstić information content (AvgIpc) is 2.25. The minimum absolute atomic E-state index is 0.0739. The van der Waals surface area contributed by atoms with Gasteiger partial charge in [-0.05, 0) is 30.2 Å². The van der Waals surface area contributed by atoms with E-state index >= 15 is 0 Å². The molecule has 0 unspecified atom stereocenters. The maximum absolute atomic E-state index is 10.4. The van der Waals surface area contributed by atoms with Crippen LogP contribution in [0.4, 0.5) is 5.69 Å². The van der Waals surface area contributed by atoms with Gasteiger partial charge in [-0.15, -0.1) is 0 Å². The fraction of sp³-hybridized carbons (Fsp3) is 0.364. The van der Waals surface area contributed by atoms with Crippen LogP contribution in [0, 0.1) is 0 Å². The molecule has 0 heterocycles. The van der Waals surface area contributed by atoms with Gasteiger partial charge in [-0.3, -0.25) is 4.79 Å². The number of nitrogens with one attached hydrogen (secondary N) is 1. The molecule has 4 nitrogen and oxygen atoms in total. The Labute approximate surface area is 88.9 Å². The van der Waals surface area contributed by atoms with Gasteiger partial charge < -0.3 is 15.2 Å². The smallest absolute Gasteiger partial charge is 0.322 e. The van der Waals surface area contributed by atoms with Crippen LogP contribution in [0.1, 0.15) is 12.5 Å². The highest BCUT2D eigenvalue weighted by molar-refractivity contribution is 5.73. The zero-order valence-electron chi connectivity index (χ0n) is 8.91. The van der Waals surface area contributed by atoms with Crippen LogP contribution < -0.4 is 10.1 Å². The number of methoxy groups -OCH3 is 1. The summed E-state index contributed by atoms with van der Waals surface area (Å²) < 4.78 is 5.17. The highest BCUT2D eigenvalue weighted by Gasteiger charge is 2.03. The highest BCUT2D eigenvalue weighted by Crippen LogP contribution is 2.22. The summed E-state index contributed by atoms with van der Waals surface area (Å²) in [6.45, 7) is 1.95. The molecule has 0 aromatic heterocycles. The van der Waals surface area contributed by atoms with Gasteiger partial charge in [-0.25, -0.2) is 0 Å². The SMILES string of the molecule is CCc1cc(NCC(=O)O)ccc1OC. The van der Waals surface area contributed by atoms with Crippen LogP contribution in [0.5, 0.6) is 5.75 Å². The zero-order valence-corrected chi connectivity index (χ0v) is 8.91. The van der Waals surface area contributed by atoms with Crippen LogP contribution in [-0.2, 0) is 11.2 Å². The average molecular weight is 209 g/mol. The Morgan fingerprint density at radius 2 is 2.27 bits per heavy atom. The molecule has 1 aromatic carbocycles. The number of carboxylic acids is 1. The molecule has 1 aromatic rings. The lowest BCUT2D eigenvalue weighted by Gasteiger charge is -2.09. The van der Waals surface area contributed by atoms with Gasteiger partial charge in [0.15, 0.2) is 0 Å². The Balaban J connectivity index is 2.78. The molecule has 15 heavy (non-hydrogen) atoms. The summed E-state index contributed by atoms with van der Waals surface area (Å²) in [4.78, 5) is 10.4. The van der Waals surface area contributed by atoms with Crippen LogP contribution in [0.3, 0.4) is 0 Å². The normalized spacial score (nSPS) is 9.73. The van der Waals surface area contributed by atoms with Crippen LogP contribution in [0.25, 0.3) is 0 Å². The van der Waals surface area contributed by atoms with Gasteiger partial charge in [0.05, 0.1) is 7.11 Å². The fourth-order valence-electron chi connectivity index (χ4n) is 1.34. The Bertz CT molecular complexity index is 350. The molecule has 0 saturated carbocycles. The molecule has 4 heteroatoms. The largest absolute Gasteiger partial charge is 0.496 e. The number of aliphatic carboxylic acids is 1. The minimum atomic E-state index is -0.871. The third-order valence-corrected chi connectivity index (χ3v) is 2.11. The van der Waals surface area contributed by atoms with Gasteiger partial charge in [0.1, 0.15) is 12.3 Å². The number of anilines is 1. The summed E-state index contributed by atoms with van der Waals surface area (Å²) in [5, 5.41) is 11.3. The number of carbonyl (C=O) groups is 1. The van der Waals surface area contributed by atoms with Crippen molar-refractivity contribution in [3.63, 3.8) is 0 Å². The molecule has 0 aliphatic heterocycles. The molecular formula is C11H15NO3. The molecule has 0 aliphatic rings. The lowest BCUT2D eigenvalue weighted by Crippen LogP contribution is -2.12. The maximum Gasteiger partial charge on any atom is 0.322 e. The molecule has 0 saturated heterocycles. The molecule has 0 radical (unpaired) electrons. The van der Waals surface area contributed by atoms with Crippen LogP contribution in [0.2, 0.25) is 0 Å². The number of benzene rings is 1. The molecule has 0 fully saturated rings. The topological polar surface area (TPSA) is 58.6 Å². The van der Waals surface area contributed by atoms with E-state index in [0.717, 1.165) is 23.4 Å². The third-order valence-electron chi connectivity index (χ3n) is 2.11. The van der Waals surface area contributed by atoms with E-state index in [9.17, 15) is 4.79 Å². The van der Waals surface area contributed by atoms with E-state index in [0.29, 0.717) is 0 Å². The standard InChI is InChI=1S/C11H15NO3/c1-3-8-6-9(12-7-11(13)14)4-5-10(8)15-2/h4-6,12H,3,7H2,1-2H3,(H,13,14). The van der Waals surface area contributed by atoms with Crippen molar-refractivity contribution in [3.8, 4) is 5.75 Å². The van der Waals surface area contributed by atoms with Crippen molar-refractivity contribution in [1.29, 1.82) is 0 Å². The van der Waals surface area contributed by atoms with Gasteiger partial charge >= 0.3 is 5.97 Å². The van der Waals surface area contributed by atoms with Crippen molar-refractivity contribution in [2.45, 2.75) is 13.3 Å². The molecule has 0 spiro atoms. The monoisotopic (exact) mass is 209 g/mol. The van der Waals surface area contributed by atoms with E-state index in [1.54, 1.807) is 13.2 Å². The summed E-state index contributed by atoms with van der Waals surface area (Å²) in [6.07, 6.45) is 0.853. The van der Waals surface area contributed by atoms with Gasteiger partial charge in [0.2, 0.25) is 0 Å². The summed E-state index contributed by atoms with van der Waals surface area (Å²) in [5.74, 6) is -0.0396. The molecule has 82 valence electrons. The molecule has 1 rings (SSSR count). The van der Waals surface area contributed by atoms with Crippen LogP contribution >= 0.6 is 0 Å². The van der Waals surface area contributed by atoms with Crippen LogP contribution in [-0.4, -0.2) is 24.7 Å². The van der Waals surface area contributed by atoms with E-state index < -0.39 is 5.97 Å². The lowest BCUT2D eigenvalue weighted by molar-refractivity contribution is -0.134. The predicted octanol–water partition coefficient (Wildman–Crippen LogP) is 1.75. The predicted molar refractivity (Wildman–Crippen MR) is 58.5 cm³/mol. The van der Waals surface area contributed by atoms with Crippen molar-refractivity contribution < 1.29 is 14.6 Å². The van der Waals surface area contributed by atoms with Gasteiger partial charge in [-0.2, -0.15) is 0 Å². The van der Waals surface area contributed by atoms with Crippen molar-refractivity contribution in [1.82, 2.24) is 0 Å². The first-order chi connectivity index (χ1) is 7.17. The highest BCUT2D eigenvalue weighted by atomic mass is 16.5. The Kier molecular flexibility index (Phi) is 3.97. The maximum atomic E-state index is 10.4. The second-order valence-electron chi connectivity index (χ2n) is 3.13. The van der Waals surface area contributed by atoms with E-state index in [2.05, 4.69) is 5.32 Å². The quantitative estimate of drug-likeness (QED) is 0.775. The van der Waals surface area contributed by atoms with E-state index in [1.165, 1.54) is 0 Å². The summed E-state index contributed by atoms with van der Waals surface area (Å²) in [5.41, 5.74) is 1.86. The van der Waals surface area contributed by atoms with Crippen molar-refractivity contribution in [2.24, 2.45) is 0 Å². The Hall–Kier alpha value is -1.71. The first-order valence-electron chi connectivity index (χ1n) is 4.80. The summed E-state index contributed by atoms with van der Waals surface area (Å²) in [7, 11) is 1.62. The minimum Gasteiger partial charge on any atom is -0.496 e.